The van der Waals surface area contributed by atoms with E-state index in [1.807, 2.05) is 61.9 Å². The maximum absolute atomic E-state index is 12.2. The van der Waals surface area contributed by atoms with Crippen LogP contribution in [0, 0.1) is 6.92 Å². The Hall–Kier alpha value is -2.89. The van der Waals surface area contributed by atoms with E-state index in [2.05, 4.69) is 15.6 Å². The zero-order valence-electron chi connectivity index (χ0n) is 14.0. The van der Waals surface area contributed by atoms with Crippen LogP contribution >= 0.6 is 0 Å². The van der Waals surface area contributed by atoms with Gasteiger partial charge in [0, 0.05) is 23.4 Å². The number of hydrogen-bond donors (Lipinski definition) is 1. The number of nitrogens with one attached hydrogen (secondary N) is 1. The van der Waals surface area contributed by atoms with Crippen molar-refractivity contribution >= 4 is 5.91 Å². The van der Waals surface area contributed by atoms with E-state index in [1.165, 1.54) is 0 Å². The topological polar surface area (TPSA) is 73.0 Å². The van der Waals surface area contributed by atoms with Crippen LogP contribution in [0.15, 0.2) is 47.0 Å². The minimum Gasteiger partial charge on any atom is -0.359 e. The average Bonchev–Trinajstić information content (AvgIpc) is 3.20. The van der Waals surface area contributed by atoms with Crippen LogP contribution in [-0.4, -0.2) is 20.8 Å². The van der Waals surface area contributed by atoms with Crippen molar-refractivity contribution in [2.75, 3.05) is 0 Å². The Kier molecular flexibility index (Phi) is 4.46. The van der Waals surface area contributed by atoms with Crippen molar-refractivity contribution in [3.8, 4) is 11.3 Å². The Labute approximate surface area is 140 Å². The number of aromatic nitrogens is 3. The molecule has 0 spiro atoms. The molecule has 124 valence electrons. The average molecular weight is 324 g/mol. The number of amides is 1. The van der Waals surface area contributed by atoms with Gasteiger partial charge in [0.05, 0.1) is 6.54 Å². The summed E-state index contributed by atoms with van der Waals surface area (Å²) >= 11 is 0. The van der Waals surface area contributed by atoms with E-state index in [1.54, 1.807) is 6.07 Å². The summed E-state index contributed by atoms with van der Waals surface area (Å²) in [5.41, 5.74) is 3.09. The largest absolute Gasteiger partial charge is 0.359 e. The molecule has 3 rings (SSSR count). The summed E-state index contributed by atoms with van der Waals surface area (Å²) in [5.74, 6) is 0.373. The summed E-state index contributed by atoms with van der Waals surface area (Å²) in [6.45, 7) is 6.27. The fourth-order valence-electron chi connectivity index (χ4n) is 2.52. The number of carbonyl (C=O) groups excluding carboxylic acids is 1. The number of rotatable bonds is 5. The second kappa shape index (κ2) is 6.70. The van der Waals surface area contributed by atoms with E-state index in [0.717, 1.165) is 17.0 Å². The molecule has 0 radical (unpaired) electrons. The van der Waals surface area contributed by atoms with Gasteiger partial charge >= 0.3 is 0 Å². The van der Waals surface area contributed by atoms with Gasteiger partial charge in [-0.25, -0.2) is 0 Å². The zero-order valence-corrected chi connectivity index (χ0v) is 14.0. The molecule has 0 saturated carbocycles. The van der Waals surface area contributed by atoms with Crippen LogP contribution in [0.5, 0.6) is 0 Å². The smallest absolute Gasteiger partial charge is 0.272 e. The summed E-state index contributed by atoms with van der Waals surface area (Å²) in [7, 11) is 0. The molecule has 2 aromatic heterocycles. The van der Waals surface area contributed by atoms with Gasteiger partial charge in [0.1, 0.15) is 11.4 Å². The number of benzene rings is 1. The van der Waals surface area contributed by atoms with Crippen LogP contribution < -0.4 is 5.32 Å². The van der Waals surface area contributed by atoms with Crippen molar-refractivity contribution < 1.29 is 9.32 Å². The second-order valence-electron chi connectivity index (χ2n) is 5.94. The third-order valence-corrected chi connectivity index (χ3v) is 3.70. The third kappa shape index (κ3) is 3.37. The van der Waals surface area contributed by atoms with Crippen molar-refractivity contribution in [1.29, 1.82) is 0 Å². The van der Waals surface area contributed by atoms with Crippen LogP contribution in [0.1, 0.15) is 41.8 Å². The molecule has 0 fully saturated rings. The summed E-state index contributed by atoms with van der Waals surface area (Å²) < 4.78 is 7.11. The predicted molar refractivity (Wildman–Crippen MR) is 90.5 cm³/mol. The van der Waals surface area contributed by atoms with Gasteiger partial charge in [-0.3, -0.25) is 9.48 Å². The first-order valence-electron chi connectivity index (χ1n) is 7.90. The lowest BCUT2D eigenvalue weighted by Crippen LogP contribution is -2.23. The molecule has 0 aliphatic heterocycles. The number of aryl methyl sites for hydroxylation is 1. The van der Waals surface area contributed by atoms with E-state index >= 15 is 0 Å². The standard InChI is InChI=1S/C18H20N4O2/c1-12(2)22-13(3)9-17(20-22)18(23)19-11-15-10-16(21-24-15)14-7-5-4-6-8-14/h4-10,12H,11H2,1-3H3,(H,19,23). The molecular weight excluding hydrogens is 304 g/mol. The summed E-state index contributed by atoms with van der Waals surface area (Å²) in [4.78, 5) is 12.2. The molecule has 1 N–H and O–H groups in total. The minimum atomic E-state index is -0.227. The van der Waals surface area contributed by atoms with Crippen molar-refractivity contribution in [2.24, 2.45) is 0 Å². The van der Waals surface area contributed by atoms with Gasteiger partial charge < -0.3 is 9.84 Å². The van der Waals surface area contributed by atoms with Crippen molar-refractivity contribution in [3.63, 3.8) is 0 Å². The van der Waals surface area contributed by atoms with Gasteiger partial charge in [-0.1, -0.05) is 35.5 Å². The number of nitrogens with zero attached hydrogens (tertiary/aromatic N) is 3. The normalized spacial score (nSPS) is 11.0. The first-order chi connectivity index (χ1) is 11.5. The van der Waals surface area contributed by atoms with Crippen molar-refractivity contribution in [3.05, 3.63) is 59.6 Å². The van der Waals surface area contributed by atoms with Crippen LogP contribution in [0.25, 0.3) is 11.3 Å². The molecule has 0 saturated heterocycles. The lowest BCUT2D eigenvalue weighted by molar-refractivity contribution is 0.0941. The number of carbonyl (C=O) groups is 1. The maximum atomic E-state index is 12.2. The highest BCUT2D eigenvalue weighted by Gasteiger charge is 2.14. The SMILES string of the molecule is Cc1cc(C(=O)NCc2cc(-c3ccccc3)no2)nn1C(C)C. The molecule has 24 heavy (non-hydrogen) atoms. The Bertz CT molecular complexity index is 834. The predicted octanol–water partition coefficient (Wildman–Crippen LogP) is 3.36. The lowest BCUT2D eigenvalue weighted by Gasteiger charge is -2.06. The molecule has 6 heteroatoms. The second-order valence-corrected chi connectivity index (χ2v) is 5.94. The van der Waals surface area contributed by atoms with Crippen LogP contribution in [0.2, 0.25) is 0 Å². The van der Waals surface area contributed by atoms with Gasteiger partial charge in [-0.05, 0) is 26.8 Å². The summed E-state index contributed by atoms with van der Waals surface area (Å²) in [5, 5.41) is 11.2. The fourth-order valence-corrected chi connectivity index (χ4v) is 2.52. The molecule has 1 amide bonds. The minimum absolute atomic E-state index is 0.217. The van der Waals surface area contributed by atoms with E-state index < -0.39 is 0 Å². The Morgan fingerprint density at radius 1 is 1.25 bits per heavy atom. The monoisotopic (exact) mass is 324 g/mol. The van der Waals surface area contributed by atoms with Crippen LogP contribution in [-0.2, 0) is 6.54 Å². The Morgan fingerprint density at radius 3 is 2.67 bits per heavy atom. The quantitative estimate of drug-likeness (QED) is 0.781. The summed E-state index contributed by atoms with van der Waals surface area (Å²) in [6, 6.07) is 13.6. The molecule has 0 unspecified atom stereocenters. The lowest BCUT2D eigenvalue weighted by atomic mass is 10.1. The highest BCUT2D eigenvalue weighted by molar-refractivity contribution is 5.92. The zero-order chi connectivity index (χ0) is 17.1. The summed E-state index contributed by atoms with van der Waals surface area (Å²) in [6.07, 6.45) is 0. The Balaban J connectivity index is 1.65. The molecule has 0 aliphatic carbocycles. The van der Waals surface area contributed by atoms with Gasteiger partial charge in [-0.2, -0.15) is 5.10 Å². The van der Waals surface area contributed by atoms with E-state index in [4.69, 9.17) is 4.52 Å². The van der Waals surface area contributed by atoms with E-state index in [0.29, 0.717) is 11.5 Å². The van der Waals surface area contributed by atoms with Crippen LogP contribution in [0.4, 0.5) is 0 Å². The molecule has 2 heterocycles. The molecule has 1 aromatic carbocycles. The molecule has 0 bridgehead atoms. The van der Waals surface area contributed by atoms with Gasteiger partial charge in [0.2, 0.25) is 0 Å². The van der Waals surface area contributed by atoms with E-state index in [-0.39, 0.29) is 18.5 Å². The molecule has 0 aliphatic rings. The molecular formula is C18H20N4O2. The van der Waals surface area contributed by atoms with Crippen molar-refractivity contribution in [1.82, 2.24) is 20.3 Å². The highest BCUT2D eigenvalue weighted by Crippen LogP contribution is 2.18. The molecule has 0 atom stereocenters. The van der Waals surface area contributed by atoms with E-state index in [9.17, 15) is 4.79 Å². The third-order valence-electron chi connectivity index (χ3n) is 3.70. The number of hydrogen-bond acceptors (Lipinski definition) is 4. The van der Waals surface area contributed by atoms with Gasteiger partial charge in [0.25, 0.3) is 5.91 Å². The fraction of sp³-hybridized carbons (Fsp3) is 0.278. The van der Waals surface area contributed by atoms with Gasteiger partial charge in [0.15, 0.2) is 5.76 Å². The van der Waals surface area contributed by atoms with Gasteiger partial charge in [-0.15, -0.1) is 0 Å². The molecule has 6 nitrogen and oxygen atoms in total. The maximum Gasteiger partial charge on any atom is 0.272 e. The first-order valence-corrected chi connectivity index (χ1v) is 7.90. The van der Waals surface area contributed by atoms with Crippen molar-refractivity contribution in [2.45, 2.75) is 33.4 Å². The van der Waals surface area contributed by atoms with Crippen LogP contribution in [0.3, 0.4) is 0 Å². The molecule has 3 aromatic rings. The first kappa shape index (κ1) is 16.0. The Morgan fingerprint density at radius 2 is 2.00 bits per heavy atom. The highest BCUT2D eigenvalue weighted by atomic mass is 16.5.